The van der Waals surface area contributed by atoms with Gasteiger partial charge in [0.2, 0.25) is 0 Å². The molecule has 0 aromatic carbocycles. The highest BCUT2D eigenvalue weighted by Gasteiger charge is 2.23. The van der Waals surface area contributed by atoms with Crippen LogP contribution in [0.5, 0.6) is 0 Å². The molecule has 0 aliphatic rings. The van der Waals surface area contributed by atoms with Gasteiger partial charge in [-0.3, -0.25) is 4.68 Å². The van der Waals surface area contributed by atoms with Crippen LogP contribution in [0.2, 0.25) is 0 Å². The van der Waals surface area contributed by atoms with Crippen LogP contribution < -0.4 is 5.32 Å². The Bertz CT molecular complexity index is 283. The zero-order chi connectivity index (χ0) is 10.8. The van der Waals surface area contributed by atoms with Gasteiger partial charge in [0.15, 0.2) is 0 Å². The molecule has 1 unspecified atom stereocenters. The van der Waals surface area contributed by atoms with Gasteiger partial charge in [0.25, 0.3) is 0 Å². The number of likely N-dealkylation sites (N-methyl/N-ethyl adjacent to an activating group) is 1. The summed E-state index contributed by atoms with van der Waals surface area (Å²) in [4.78, 5) is 0. The minimum absolute atomic E-state index is 0.257. The Balaban J connectivity index is 2.71. The minimum Gasteiger partial charge on any atom is -0.315 e. The van der Waals surface area contributed by atoms with Crippen molar-refractivity contribution in [2.24, 2.45) is 5.41 Å². The van der Waals surface area contributed by atoms with Crippen LogP contribution in [0.15, 0.2) is 12.3 Å². The molecular weight excluding hydrogens is 174 g/mol. The van der Waals surface area contributed by atoms with Gasteiger partial charge in [0, 0.05) is 17.9 Å². The summed E-state index contributed by atoms with van der Waals surface area (Å²) in [6.07, 6.45) is 1.85. The van der Waals surface area contributed by atoms with E-state index in [0.717, 1.165) is 6.54 Å². The van der Waals surface area contributed by atoms with Gasteiger partial charge in [-0.1, -0.05) is 20.8 Å². The van der Waals surface area contributed by atoms with E-state index in [-0.39, 0.29) is 5.41 Å². The molecule has 0 fully saturated rings. The van der Waals surface area contributed by atoms with Gasteiger partial charge in [0.1, 0.15) is 0 Å². The molecule has 14 heavy (non-hydrogen) atoms. The smallest absolute Gasteiger partial charge is 0.0570 e. The van der Waals surface area contributed by atoms with Gasteiger partial charge >= 0.3 is 0 Å². The van der Waals surface area contributed by atoms with Crippen LogP contribution in [-0.4, -0.2) is 22.9 Å². The number of aryl methyl sites for hydroxylation is 1. The maximum absolute atomic E-state index is 4.29. The molecular formula is C11H21N3. The summed E-state index contributed by atoms with van der Waals surface area (Å²) in [5, 5.41) is 7.64. The Morgan fingerprint density at radius 2 is 2.14 bits per heavy atom. The number of hydrogen-bond acceptors (Lipinski definition) is 2. The summed E-state index contributed by atoms with van der Waals surface area (Å²) in [5.41, 5.74) is 1.47. The summed E-state index contributed by atoms with van der Waals surface area (Å²) in [6, 6.07) is 2.48. The van der Waals surface area contributed by atoms with E-state index in [1.807, 2.05) is 24.0 Å². The lowest BCUT2D eigenvalue weighted by Gasteiger charge is -2.30. The third-order valence-electron chi connectivity index (χ3n) is 2.68. The predicted molar refractivity (Wildman–Crippen MR) is 59.3 cm³/mol. The number of nitrogens with one attached hydrogen (secondary N) is 1. The number of nitrogens with zero attached hydrogens (tertiary/aromatic N) is 2. The molecule has 0 bridgehead atoms. The lowest BCUT2D eigenvalue weighted by Crippen LogP contribution is -2.41. The highest BCUT2D eigenvalue weighted by atomic mass is 15.3. The van der Waals surface area contributed by atoms with Gasteiger partial charge in [-0.25, -0.2) is 0 Å². The molecule has 0 radical (unpaired) electrons. The van der Waals surface area contributed by atoms with Gasteiger partial charge in [-0.05, 0) is 25.5 Å². The molecule has 1 atom stereocenters. The van der Waals surface area contributed by atoms with Crippen molar-refractivity contribution in [1.82, 2.24) is 15.1 Å². The third-order valence-corrected chi connectivity index (χ3v) is 2.68. The number of aromatic nitrogens is 2. The quantitative estimate of drug-likeness (QED) is 0.797. The van der Waals surface area contributed by atoms with E-state index < -0.39 is 0 Å². The summed E-state index contributed by atoms with van der Waals surface area (Å²) >= 11 is 0. The number of hydrogen-bond donors (Lipinski definition) is 1. The Labute approximate surface area is 86.5 Å². The first-order chi connectivity index (χ1) is 6.45. The summed E-state index contributed by atoms with van der Waals surface area (Å²) in [7, 11) is 2.01. The van der Waals surface area contributed by atoms with Crippen molar-refractivity contribution < 1.29 is 0 Å². The highest BCUT2D eigenvalue weighted by Crippen LogP contribution is 2.20. The fourth-order valence-electron chi connectivity index (χ4n) is 1.56. The molecule has 1 N–H and O–H groups in total. The maximum atomic E-state index is 4.29. The molecule has 1 aromatic rings. The van der Waals surface area contributed by atoms with Crippen LogP contribution in [0.4, 0.5) is 0 Å². The third kappa shape index (κ3) is 2.58. The highest BCUT2D eigenvalue weighted by molar-refractivity contribution is 4.97. The minimum atomic E-state index is 0.257. The Hall–Kier alpha value is -0.830. The summed E-state index contributed by atoms with van der Waals surface area (Å²) < 4.78 is 2.05. The standard InChI is InChI=1S/C11H21N3/c1-9-6-7-13-14(9)8-10(12-5)11(2,3)4/h6-7,10,12H,8H2,1-5H3. The first-order valence-corrected chi connectivity index (χ1v) is 5.11. The molecule has 0 aliphatic carbocycles. The van der Waals surface area contributed by atoms with E-state index >= 15 is 0 Å². The van der Waals surface area contributed by atoms with Crippen LogP contribution in [0.25, 0.3) is 0 Å². The number of rotatable bonds is 3. The first kappa shape index (κ1) is 11.2. The molecule has 1 heterocycles. The fourth-order valence-corrected chi connectivity index (χ4v) is 1.56. The van der Waals surface area contributed by atoms with E-state index in [9.17, 15) is 0 Å². The second-order valence-electron chi connectivity index (χ2n) is 4.86. The van der Waals surface area contributed by atoms with Crippen LogP contribution in [0, 0.1) is 12.3 Å². The molecule has 0 spiro atoms. The molecule has 1 rings (SSSR count). The maximum Gasteiger partial charge on any atom is 0.0570 e. The Kier molecular flexibility index (Phi) is 3.32. The van der Waals surface area contributed by atoms with Crippen molar-refractivity contribution in [2.45, 2.75) is 40.3 Å². The van der Waals surface area contributed by atoms with Crippen molar-refractivity contribution in [3.05, 3.63) is 18.0 Å². The normalized spacial score (nSPS) is 14.4. The van der Waals surface area contributed by atoms with Crippen molar-refractivity contribution >= 4 is 0 Å². The van der Waals surface area contributed by atoms with Gasteiger partial charge in [-0.15, -0.1) is 0 Å². The zero-order valence-corrected chi connectivity index (χ0v) is 9.83. The second kappa shape index (κ2) is 4.13. The predicted octanol–water partition coefficient (Wildman–Crippen LogP) is 1.83. The monoisotopic (exact) mass is 195 g/mol. The molecule has 0 saturated heterocycles. The molecule has 3 heteroatoms. The zero-order valence-electron chi connectivity index (χ0n) is 9.83. The van der Waals surface area contributed by atoms with Crippen molar-refractivity contribution in [2.75, 3.05) is 7.05 Å². The molecule has 1 aromatic heterocycles. The van der Waals surface area contributed by atoms with Crippen LogP contribution in [-0.2, 0) is 6.54 Å². The largest absolute Gasteiger partial charge is 0.315 e. The molecule has 0 amide bonds. The molecule has 80 valence electrons. The van der Waals surface area contributed by atoms with E-state index in [2.05, 4.69) is 38.1 Å². The second-order valence-corrected chi connectivity index (χ2v) is 4.86. The van der Waals surface area contributed by atoms with Crippen molar-refractivity contribution in [3.63, 3.8) is 0 Å². The van der Waals surface area contributed by atoms with Gasteiger partial charge in [0.05, 0.1) is 6.54 Å². The van der Waals surface area contributed by atoms with E-state index in [1.54, 1.807) is 0 Å². The Morgan fingerprint density at radius 3 is 2.50 bits per heavy atom. The van der Waals surface area contributed by atoms with Crippen molar-refractivity contribution in [3.8, 4) is 0 Å². The fraction of sp³-hybridized carbons (Fsp3) is 0.727. The average Bonchev–Trinajstić information content (AvgIpc) is 2.45. The first-order valence-electron chi connectivity index (χ1n) is 5.11. The van der Waals surface area contributed by atoms with E-state index in [1.165, 1.54) is 5.69 Å². The molecule has 3 nitrogen and oxygen atoms in total. The summed E-state index contributed by atoms with van der Waals surface area (Å²) in [5.74, 6) is 0. The van der Waals surface area contributed by atoms with Crippen LogP contribution in [0.3, 0.4) is 0 Å². The average molecular weight is 195 g/mol. The lowest BCUT2D eigenvalue weighted by molar-refractivity contribution is 0.246. The van der Waals surface area contributed by atoms with Gasteiger partial charge < -0.3 is 5.32 Å². The van der Waals surface area contributed by atoms with Crippen LogP contribution in [0.1, 0.15) is 26.5 Å². The summed E-state index contributed by atoms with van der Waals surface area (Å²) in [6.45, 7) is 9.74. The van der Waals surface area contributed by atoms with Gasteiger partial charge in [-0.2, -0.15) is 5.10 Å². The Morgan fingerprint density at radius 1 is 1.50 bits per heavy atom. The molecule has 0 saturated carbocycles. The van der Waals surface area contributed by atoms with E-state index in [0.29, 0.717) is 6.04 Å². The molecule has 0 aliphatic heterocycles. The van der Waals surface area contributed by atoms with Crippen LogP contribution >= 0.6 is 0 Å². The topological polar surface area (TPSA) is 29.9 Å². The lowest BCUT2D eigenvalue weighted by atomic mass is 9.87. The van der Waals surface area contributed by atoms with E-state index in [4.69, 9.17) is 0 Å². The van der Waals surface area contributed by atoms with Crippen molar-refractivity contribution in [1.29, 1.82) is 0 Å². The SMILES string of the molecule is CNC(Cn1nccc1C)C(C)(C)C.